The van der Waals surface area contributed by atoms with Crippen LogP contribution in [0.1, 0.15) is 23.0 Å². The van der Waals surface area contributed by atoms with Crippen LogP contribution in [-0.4, -0.2) is 17.1 Å². The number of carbonyl (C=O) groups is 1. The molecule has 3 aromatic rings. The summed E-state index contributed by atoms with van der Waals surface area (Å²) in [7, 11) is 0. The maximum Gasteiger partial charge on any atom is 0.280 e. The quantitative estimate of drug-likeness (QED) is 0.720. The normalized spacial score (nSPS) is 16.4. The van der Waals surface area contributed by atoms with Crippen molar-refractivity contribution in [3.63, 3.8) is 0 Å². The van der Waals surface area contributed by atoms with E-state index in [4.69, 9.17) is 4.52 Å². The van der Waals surface area contributed by atoms with Gasteiger partial charge < -0.3 is 9.42 Å². The molecule has 0 radical (unpaired) electrons. The van der Waals surface area contributed by atoms with Gasteiger partial charge in [0.05, 0.1) is 0 Å². The van der Waals surface area contributed by atoms with E-state index in [2.05, 4.69) is 18.1 Å². The first-order valence-electron chi connectivity index (χ1n) is 7.67. The van der Waals surface area contributed by atoms with Gasteiger partial charge in [-0.1, -0.05) is 53.7 Å². The van der Waals surface area contributed by atoms with Crippen molar-refractivity contribution in [1.29, 1.82) is 0 Å². The molecule has 4 nitrogen and oxygen atoms in total. The van der Waals surface area contributed by atoms with E-state index < -0.39 is 0 Å². The Morgan fingerprint density at radius 1 is 1.13 bits per heavy atom. The summed E-state index contributed by atoms with van der Waals surface area (Å²) in [4.78, 5) is 14.7. The molecular formula is C19H16N2O2. The van der Waals surface area contributed by atoms with Crippen LogP contribution in [0, 0.1) is 0 Å². The summed E-state index contributed by atoms with van der Waals surface area (Å²) < 4.78 is 5.36. The predicted molar refractivity (Wildman–Crippen MR) is 88.4 cm³/mol. The molecule has 4 rings (SSSR count). The molecule has 4 heteroatoms. The van der Waals surface area contributed by atoms with Crippen molar-refractivity contribution in [1.82, 2.24) is 5.16 Å². The van der Waals surface area contributed by atoms with Crippen molar-refractivity contribution in [3.05, 3.63) is 71.9 Å². The number of para-hydroxylation sites is 1. The summed E-state index contributed by atoms with van der Waals surface area (Å²) in [5, 5.41) is 3.98. The van der Waals surface area contributed by atoms with Crippen LogP contribution in [0.3, 0.4) is 0 Å². The maximum atomic E-state index is 12.9. The number of benzene rings is 2. The third-order valence-corrected chi connectivity index (χ3v) is 4.21. The van der Waals surface area contributed by atoms with Crippen LogP contribution in [0.15, 0.2) is 65.2 Å². The van der Waals surface area contributed by atoms with E-state index in [1.165, 1.54) is 5.56 Å². The smallest absolute Gasteiger partial charge is 0.280 e. The molecule has 0 N–H and O–H groups in total. The molecule has 114 valence electrons. The molecule has 0 bridgehead atoms. The minimum atomic E-state index is -0.117. The summed E-state index contributed by atoms with van der Waals surface area (Å²) in [6, 6.07) is 19.5. The largest absolute Gasteiger partial charge is 0.355 e. The lowest BCUT2D eigenvalue weighted by atomic mass is 10.1. The van der Waals surface area contributed by atoms with Crippen molar-refractivity contribution in [3.8, 4) is 11.3 Å². The molecule has 0 saturated carbocycles. The average molecular weight is 304 g/mol. The summed E-state index contributed by atoms with van der Waals surface area (Å²) in [6.07, 6.45) is 0.866. The van der Waals surface area contributed by atoms with Gasteiger partial charge in [-0.25, -0.2) is 0 Å². The van der Waals surface area contributed by atoms with Gasteiger partial charge >= 0.3 is 0 Å². The number of nitrogens with zero attached hydrogens (tertiary/aromatic N) is 2. The molecule has 1 aliphatic heterocycles. The van der Waals surface area contributed by atoms with Crippen molar-refractivity contribution in [2.75, 3.05) is 4.90 Å². The van der Waals surface area contributed by atoms with Crippen molar-refractivity contribution < 1.29 is 9.32 Å². The highest BCUT2D eigenvalue weighted by molar-refractivity contribution is 6.06. The average Bonchev–Trinajstić information content (AvgIpc) is 3.19. The number of anilines is 1. The minimum absolute atomic E-state index is 0.117. The van der Waals surface area contributed by atoms with Gasteiger partial charge in [-0.05, 0) is 25.0 Å². The van der Waals surface area contributed by atoms with Gasteiger partial charge in [0.1, 0.15) is 0 Å². The van der Waals surface area contributed by atoms with E-state index in [1.807, 2.05) is 53.4 Å². The molecule has 0 aliphatic carbocycles. The van der Waals surface area contributed by atoms with Crippen LogP contribution in [0.5, 0.6) is 0 Å². The first-order valence-corrected chi connectivity index (χ1v) is 7.67. The van der Waals surface area contributed by atoms with Gasteiger partial charge in [0.2, 0.25) is 0 Å². The molecule has 23 heavy (non-hydrogen) atoms. The molecule has 1 aromatic heterocycles. The van der Waals surface area contributed by atoms with Gasteiger partial charge in [-0.2, -0.15) is 0 Å². The van der Waals surface area contributed by atoms with Crippen molar-refractivity contribution in [2.45, 2.75) is 19.4 Å². The van der Waals surface area contributed by atoms with E-state index in [0.717, 1.165) is 17.7 Å². The third kappa shape index (κ3) is 2.32. The maximum absolute atomic E-state index is 12.9. The fourth-order valence-electron chi connectivity index (χ4n) is 3.11. The number of hydrogen-bond donors (Lipinski definition) is 0. The SMILES string of the molecule is C[C@H]1Cc2ccccc2N1C(=O)c1cc(-c2ccccc2)on1. The van der Waals surface area contributed by atoms with E-state index >= 15 is 0 Å². The number of rotatable bonds is 2. The fourth-order valence-corrected chi connectivity index (χ4v) is 3.11. The van der Waals surface area contributed by atoms with E-state index in [9.17, 15) is 4.79 Å². The molecule has 0 unspecified atom stereocenters. The zero-order valence-electron chi connectivity index (χ0n) is 12.8. The molecule has 0 spiro atoms. The van der Waals surface area contributed by atoms with Crippen LogP contribution < -0.4 is 4.90 Å². The number of aromatic nitrogens is 1. The molecule has 1 amide bonds. The van der Waals surface area contributed by atoms with E-state index in [-0.39, 0.29) is 11.9 Å². The van der Waals surface area contributed by atoms with Gasteiger partial charge in [0.15, 0.2) is 11.5 Å². The number of fused-ring (bicyclic) bond motifs is 1. The summed E-state index contributed by atoms with van der Waals surface area (Å²) in [6.45, 7) is 2.05. The van der Waals surface area contributed by atoms with Crippen molar-refractivity contribution in [2.24, 2.45) is 0 Å². The van der Waals surface area contributed by atoms with Crippen LogP contribution in [0.25, 0.3) is 11.3 Å². The van der Waals surface area contributed by atoms with Gasteiger partial charge in [0.25, 0.3) is 5.91 Å². The summed E-state index contributed by atoms with van der Waals surface area (Å²) >= 11 is 0. The first-order chi connectivity index (χ1) is 11.2. The molecule has 0 fully saturated rings. The Labute approximate surface area is 134 Å². The zero-order valence-corrected chi connectivity index (χ0v) is 12.8. The molecule has 0 saturated heterocycles. The molecule has 1 aliphatic rings. The first kappa shape index (κ1) is 13.8. The Morgan fingerprint density at radius 3 is 2.70 bits per heavy atom. The Balaban J connectivity index is 1.67. The number of hydrogen-bond acceptors (Lipinski definition) is 3. The molecule has 1 atom stereocenters. The highest BCUT2D eigenvalue weighted by Gasteiger charge is 2.32. The molecule has 2 aromatic carbocycles. The van der Waals surface area contributed by atoms with Gasteiger partial charge in [0, 0.05) is 23.4 Å². The second kappa shape index (κ2) is 5.39. The summed E-state index contributed by atoms with van der Waals surface area (Å²) in [5.74, 6) is 0.488. The third-order valence-electron chi connectivity index (χ3n) is 4.21. The monoisotopic (exact) mass is 304 g/mol. The highest BCUT2D eigenvalue weighted by atomic mass is 16.5. The Hall–Kier alpha value is -2.88. The highest BCUT2D eigenvalue weighted by Crippen LogP contribution is 2.33. The Morgan fingerprint density at radius 2 is 1.87 bits per heavy atom. The minimum Gasteiger partial charge on any atom is -0.355 e. The lowest BCUT2D eigenvalue weighted by molar-refractivity contribution is 0.0973. The number of amides is 1. The van der Waals surface area contributed by atoms with E-state index in [1.54, 1.807) is 6.07 Å². The standard InChI is InChI=1S/C19H16N2O2/c1-13-11-15-9-5-6-10-17(15)21(13)19(22)16-12-18(23-20-16)14-7-3-2-4-8-14/h2-10,12-13H,11H2,1H3/t13-/m0/s1. The van der Waals surface area contributed by atoms with Crippen molar-refractivity contribution >= 4 is 11.6 Å². The van der Waals surface area contributed by atoms with Gasteiger partial charge in [-0.3, -0.25) is 4.79 Å². The Kier molecular flexibility index (Phi) is 3.23. The lowest BCUT2D eigenvalue weighted by Gasteiger charge is -2.21. The topological polar surface area (TPSA) is 46.3 Å². The van der Waals surface area contributed by atoms with Gasteiger partial charge in [-0.15, -0.1) is 0 Å². The molecular weight excluding hydrogens is 288 g/mol. The van der Waals surface area contributed by atoms with E-state index in [0.29, 0.717) is 11.5 Å². The predicted octanol–water partition coefficient (Wildman–Crippen LogP) is 3.93. The summed E-state index contributed by atoms with van der Waals surface area (Å²) in [5.41, 5.74) is 3.41. The second-order valence-corrected chi connectivity index (χ2v) is 5.80. The Bertz CT molecular complexity index is 855. The second-order valence-electron chi connectivity index (χ2n) is 5.80. The van der Waals surface area contributed by atoms with Crippen LogP contribution >= 0.6 is 0 Å². The lowest BCUT2D eigenvalue weighted by Crippen LogP contribution is -2.35. The van der Waals surface area contributed by atoms with Crippen LogP contribution in [-0.2, 0) is 6.42 Å². The molecule has 2 heterocycles. The van der Waals surface area contributed by atoms with Crippen LogP contribution in [0.4, 0.5) is 5.69 Å². The number of carbonyl (C=O) groups excluding carboxylic acids is 1. The zero-order chi connectivity index (χ0) is 15.8. The van der Waals surface area contributed by atoms with Crippen LogP contribution in [0.2, 0.25) is 0 Å². The fraction of sp³-hybridized carbons (Fsp3) is 0.158.